The molecule has 0 saturated carbocycles. The zero-order chi connectivity index (χ0) is 15.1. The summed E-state index contributed by atoms with van der Waals surface area (Å²) in [6.07, 6.45) is -4.12. The Balaban J connectivity index is 2.36. The molecule has 1 aliphatic rings. The summed E-state index contributed by atoms with van der Waals surface area (Å²) in [4.78, 5) is 13.5. The van der Waals surface area contributed by atoms with Crippen LogP contribution in [0.15, 0.2) is 18.2 Å². The molecular formula is C14H15ClF3NO. The van der Waals surface area contributed by atoms with Crippen molar-refractivity contribution in [1.29, 1.82) is 0 Å². The lowest BCUT2D eigenvalue weighted by molar-refractivity contribution is -0.137. The van der Waals surface area contributed by atoms with Crippen LogP contribution in [-0.4, -0.2) is 18.4 Å². The molecule has 1 aliphatic heterocycles. The van der Waals surface area contributed by atoms with Crippen LogP contribution in [-0.2, 0) is 11.0 Å². The topological polar surface area (TPSA) is 20.3 Å². The number of ketones is 1. The number of hydrogen-bond donors (Lipinski definition) is 0. The molecule has 2 unspecified atom stereocenters. The second-order valence-electron chi connectivity index (χ2n) is 5.10. The Labute approximate surface area is 120 Å². The minimum Gasteiger partial charge on any atom is -0.368 e. The largest absolute Gasteiger partial charge is 0.417 e. The van der Waals surface area contributed by atoms with Gasteiger partial charge in [-0.2, -0.15) is 13.2 Å². The standard InChI is InChI=1S/C14H15ClF3NO/c1-8-9(2)19(6-5-13(8)20)10-3-4-12(15)11(7-10)14(16,17)18/h3-4,7-9H,5-6H2,1-2H3. The fourth-order valence-corrected chi connectivity index (χ4v) is 2.70. The Morgan fingerprint density at radius 1 is 1.30 bits per heavy atom. The third kappa shape index (κ3) is 2.77. The summed E-state index contributed by atoms with van der Waals surface area (Å²) in [6, 6.07) is 3.75. The van der Waals surface area contributed by atoms with Gasteiger partial charge in [0.15, 0.2) is 0 Å². The number of rotatable bonds is 1. The summed E-state index contributed by atoms with van der Waals surface area (Å²) in [5.41, 5.74) is -0.387. The van der Waals surface area contributed by atoms with Gasteiger partial charge in [0.05, 0.1) is 10.6 Å². The quantitative estimate of drug-likeness (QED) is 0.776. The van der Waals surface area contributed by atoms with Gasteiger partial charge in [-0.3, -0.25) is 4.79 Å². The summed E-state index contributed by atoms with van der Waals surface area (Å²) >= 11 is 5.62. The third-order valence-corrected chi connectivity index (χ3v) is 4.24. The number of hydrogen-bond acceptors (Lipinski definition) is 2. The van der Waals surface area contributed by atoms with E-state index in [1.54, 1.807) is 13.0 Å². The second kappa shape index (κ2) is 5.28. The van der Waals surface area contributed by atoms with Crippen LogP contribution in [0.25, 0.3) is 0 Å². The molecule has 0 spiro atoms. The van der Waals surface area contributed by atoms with E-state index in [9.17, 15) is 18.0 Å². The van der Waals surface area contributed by atoms with Crippen LogP contribution in [0.3, 0.4) is 0 Å². The van der Waals surface area contributed by atoms with Crippen LogP contribution in [0.1, 0.15) is 25.8 Å². The molecule has 0 N–H and O–H groups in total. The van der Waals surface area contributed by atoms with Crippen LogP contribution in [0, 0.1) is 5.92 Å². The zero-order valence-corrected chi connectivity index (χ0v) is 11.9. The lowest BCUT2D eigenvalue weighted by Crippen LogP contribution is -2.47. The van der Waals surface area contributed by atoms with Gasteiger partial charge in [-0.1, -0.05) is 18.5 Å². The highest BCUT2D eigenvalue weighted by molar-refractivity contribution is 6.31. The van der Waals surface area contributed by atoms with Crippen LogP contribution in [0.5, 0.6) is 0 Å². The Hall–Kier alpha value is -1.23. The van der Waals surface area contributed by atoms with Crippen molar-refractivity contribution in [2.24, 2.45) is 5.92 Å². The molecule has 0 aromatic heterocycles. The van der Waals surface area contributed by atoms with Crippen LogP contribution in [0.2, 0.25) is 5.02 Å². The summed E-state index contributed by atoms with van der Waals surface area (Å²) in [5.74, 6) is -0.0347. The van der Waals surface area contributed by atoms with Crippen molar-refractivity contribution in [2.45, 2.75) is 32.5 Å². The maximum absolute atomic E-state index is 12.9. The molecule has 2 rings (SSSR count). The molecule has 0 bridgehead atoms. The molecule has 6 heteroatoms. The smallest absolute Gasteiger partial charge is 0.368 e. The Kier molecular flexibility index (Phi) is 4.00. The number of carbonyl (C=O) groups is 1. The van der Waals surface area contributed by atoms with Gasteiger partial charge >= 0.3 is 6.18 Å². The van der Waals surface area contributed by atoms with Crippen LogP contribution >= 0.6 is 11.6 Å². The van der Waals surface area contributed by atoms with Crippen molar-refractivity contribution in [3.05, 3.63) is 28.8 Å². The first-order valence-electron chi connectivity index (χ1n) is 6.38. The average Bonchev–Trinajstić information content (AvgIpc) is 2.36. The van der Waals surface area contributed by atoms with Crippen molar-refractivity contribution in [2.75, 3.05) is 11.4 Å². The highest BCUT2D eigenvalue weighted by Crippen LogP contribution is 2.38. The molecule has 1 aromatic rings. The van der Waals surface area contributed by atoms with Gasteiger partial charge in [0, 0.05) is 30.6 Å². The predicted octanol–water partition coefficient (Wildman–Crippen LogP) is 4.16. The number of anilines is 1. The molecule has 0 amide bonds. The fraction of sp³-hybridized carbons (Fsp3) is 0.500. The van der Waals surface area contributed by atoms with Crippen LogP contribution in [0.4, 0.5) is 18.9 Å². The lowest BCUT2D eigenvalue weighted by Gasteiger charge is -2.39. The van der Waals surface area contributed by atoms with Gasteiger partial charge in [-0.25, -0.2) is 0 Å². The molecule has 1 fully saturated rings. The molecule has 2 nitrogen and oxygen atoms in total. The minimum absolute atomic E-state index is 0.126. The summed E-state index contributed by atoms with van der Waals surface area (Å²) in [5, 5.41) is -0.310. The molecule has 0 aliphatic carbocycles. The second-order valence-corrected chi connectivity index (χ2v) is 5.51. The Morgan fingerprint density at radius 2 is 1.95 bits per heavy atom. The summed E-state index contributed by atoms with van der Waals surface area (Å²) < 4.78 is 38.6. The van der Waals surface area contributed by atoms with Gasteiger partial charge in [0.1, 0.15) is 5.78 Å². The van der Waals surface area contributed by atoms with Gasteiger partial charge < -0.3 is 4.90 Å². The third-order valence-electron chi connectivity index (χ3n) is 3.91. The molecule has 0 radical (unpaired) electrons. The van der Waals surface area contributed by atoms with Gasteiger partial charge in [0.25, 0.3) is 0 Å². The fourth-order valence-electron chi connectivity index (χ4n) is 2.47. The van der Waals surface area contributed by atoms with Crippen molar-refractivity contribution >= 4 is 23.1 Å². The Bertz CT molecular complexity index is 530. The highest BCUT2D eigenvalue weighted by Gasteiger charge is 2.35. The van der Waals surface area contributed by atoms with Crippen molar-refractivity contribution in [3.8, 4) is 0 Å². The van der Waals surface area contributed by atoms with Crippen LogP contribution < -0.4 is 4.90 Å². The summed E-state index contributed by atoms with van der Waals surface area (Å²) in [6.45, 7) is 4.09. The molecular weight excluding hydrogens is 291 g/mol. The van der Waals surface area contributed by atoms with Crippen molar-refractivity contribution in [1.82, 2.24) is 0 Å². The number of Topliss-reactive ketones (excluding diaryl/α,β-unsaturated/α-hetero) is 1. The van der Waals surface area contributed by atoms with E-state index in [-0.39, 0.29) is 22.8 Å². The number of piperidine rings is 1. The van der Waals surface area contributed by atoms with E-state index in [1.165, 1.54) is 6.07 Å². The van der Waals surface area contributed by atoms with Crippen molar-refractivity contribution in [3.63, 3.8) is 0 Å². The zero-order valence-electron chi connectivity index (χ0n) is 11.2. The van der Waals surface area contributed by atoms with E-state index in [0.29, 0.717) is 18.7 Å². The first-order valence-corrected chi connectivity index (χ1v) is 6.75. The number of benzene rings is 1. The SMILES string of the molecule is CC1C(=O)CCN(c2ccc(Cl)c(C(F)(F)F)c2)C1C. The molecule has 110 valence electrons. The van der Waals surface area contributed by atoms with E-state index in [0.717, 1.165) is 6.07 Å². The first kappa shape index (κ1) is 15.2. The number of halogens is 4. The van der Waals surface area contributed by atoms with E-state index in [2.05, 4.69) is 0 Å². The first-order chi connectivity index (χ1) is 9.21. The van der Waals surface area contributed by atoms with Crippen molar-refractivity contribution < 1.29 is 18.0 Å². The van der Waals surface area contributed by atoms with Gasteiger partial charge in [0.2, 0.25) is 0 Å². The maximum atomic E-state index is 12.9. The minimum atomic E-state index is -4.48. The molecule has 1 heterocycles. The molecule has 1 saturated heterocycles. The van der Waals surface area contributed by atoms with E-state index >= 15 is 0 Å². The lowest BCUT2D eigenvalue weighted by atomic mass is 9.90. The molecule has 2 atom stereocenters. The number of nitrogens with zero attached hydrogens (tertiary/aromatic N) is 1. The highest BCUT2D eigenvalue weighted by atomic mass is 35.5. The van der Waals surface area contributed by atoms with E-state index in [4.69, 9.17) is 11.6 Å². The van der Waals surface area contributed by atoms with E-state index < -0.39 is 11.7 Å². The van der Waals surface area contributed by atoms with Gasteiger partial charge in [-0.05, 0) is 25.1 Å². The maximum Gasteiger partial charge on any atom is 0.417 e. The van der Waals surface area contributed by atoms with Gasteiger partial charge in [-0.15, -0.1) is 0 Å². The number of alkyl halides is 3. The monoisotopic (exact) mass is 305 g/mol. The Morgan fingerprint density at radius 3 is 2.55 bits per heavy atom. The molecule has 1 aromatic carbocycles. The van der Waals surface area contributed by atoms with E-state index in [1.807, 2.05) is 11.8 Å². The molecule has 20 heavy (non-hydrogen) atoms. The average molecular weight is 306 g/mol. The number of carbonyl (C=O) groups excluding carboxylic acids is 1. The summed E-state index contributed by atoms with van der Waals surface area (Å²) in [7, 11) is 0. The predicted molar refractivity (Wildman–Crippen MR) is 72.1 cm³/mol. The normalized spacial score (nSPS) is 24.1.